The number of rotatable bonds is 5. The van der Waals surface area contributed by atoms with Crippen molar-refractivity contribution in [3.05, 3.63) is 63.4 Å². The van der Waals surface area contributed by atoms with Gasteiger partial charge in [0.2, 0.25) is 17.7 Å². The highest BCUT2D eigenvalue weighted by molar-refractivity contribution is 9.11. The molecule has 0 N–H and O–H groups in total. The second kappa shape index (κ2) is 7.73. The average molecular weight is 494 g/mol. The Morgan fingerprint density at radius 2 is 1.31 bits per heavy atom. The third kappa shape index (κ3) is 3.74. The van der Waals surface area contributed by atoms with Crippen molar-refractivity contribution in [2.45, 2.75) is 11.0 Å². The van der Waals surface area contributed by atoms with Crippen LogP contribution in [0.15, 0.2) is 71.5 Å². The molecule has 0 amide bonds. The summed E-state index contributed by atoms with van der Waals surface area (Å²) in [4.78, 5) is 0. The first kappa shape index (κ1) is 17.4. The van der Waals surface area contributed by atoms with Crippen LogP contribution in [0.25, 0.3) is 22.9 Å². The van der Waals surface area contributed by atoms with Crippen molar-refractivity contribution in [3.8, 4) is 22.9 Å². The van der Waals surface area contributed by atoms with E-state index in [1.807, 2.05) is 48.5 Å². The quantitative estimate of drug-likeness (QED) is 0.334. The van der Waals surface area contributed by atoms with Gasteiger partial charge < -0.3 is 8.83 Å². The molecule has 0 aliphatic carbocycles. The molecule has 0 fully saturated rings. The van der Waals surface area contributed by atoms with Crippen molar-refractivity contribution in [3.63, 3.8) is 0 Å². The molecule has 0 unspecified atom stereocenters. The summed E-state index contributed by atoms with van der Waals surface area (Å²) in [5, 5.41) is 16.7. The molecule has 130 valence electrons. The first-order chi connectivity index (χ1) is 12.7. The van der Waals surface area contributed by atoms with E-state index in [0.717, 1.165) is 20.1 Å². The number of benzene rings is 2. The van der Waals surface area contributed by atoms with E-state index in [-0.39, 0.29) is 0 Å². The first-order valence-corrected chi connectivity index (χ1v) is 10.1. The third-order valence-corrected chi connectivity index (χ3v) is 5.59. The molecule has 0 saturated heterocycles. The minimum atomic E-state index is 0.440. The lowest BCUT2D eigenvalue weighted by Crippen LogP contribution is -1.80. The number of hydrogen-bond donors (Lipinski definition) is 0. The van der Waals surface area contributed by atoms with E-state index in [2.05, 4.69) is 52.3 Å². The smallest absolute Gasteiger partial charge is 0.277 e. The van der Waals surface area contributed by atoms with Crippen molar-refractivity contribution in [1.82, 2.24) is 20.4 Å². The summed E-state index contributed by atoms with van der Waals surface area (Å²) in [5.41, 5.74) is 1.70. The predicted octanol–water partition coefficient (Wildman–Crippen LogP) is 5.60. The van der Waals surface area contributed by atoms with Crippen molar-refractivity contribution >= 4 is 43.6 Å². The minimum absolute atomic E-state index is 0.440. The zero-order valence-electron chi connectivity index (χ0n) is 13.1. The van der Waals surface area contributed by atoms with Gasteiger partial charge in [-0.1, -0.05) is 36.0 Å². The van der Waals surface area contributed by atoms with Gasteiger partial charge in [-0.15, -0.1) is 20.4 Å². The molecule has 0 radical (unpaired) electrons. The Morgan fingerprint density at radius 1 is 0.731 bits per heavy atom. The molecule has 9 heteroatoms. The third-order valence-electron chi connectivity index (χ3n) is 3.40. The van der Waals surface area contributed by atoms with Crippen molar-refractivity contribution < 1.29 is 8.83 Å². The summed E-state index contributed by atoms with van der Waals surface area (Å²) in [7, 11) is 0. The molecule has 6 nitrogen and oxygen atoms in total. The molecule has 26 heavy (non-hydrogen) atoms. The summed E-state index contributed by atoms with van der Waals surface area (Å²) in [6, 6.07) is 15.4. The van der Waals surface area contributed by atoms with Crippen LogP contribution in [-0.2, 0) is 5.75 Å². The molecule has 0 aliphatic rings. The lowest BCUT2D eigenvalue weighted by Gasteiger charge is -1.97. The molecule has 0 saturated carbocycles. The Bertz CT molecular complexity index is 967. The summed E-state index contributed by atoms with van der Waals surface area (Å²) >= 11 is 8.30. The summed E-state index contributed by atoms with van der Waals surface area (Å²) in [5.74, 6) is 1.85. The molecule has 0 spiro atoms. The number of halogens is 2. The molecule has 0 aliphatic heterocycles. The summed E-state index contributed by atoms with van der Waals surface area (Å²) < 4.78 is 13.2. The van der Waals surface area contributed by atoms with Crippen LogP contribution in [-0.4, -0.2) is 20.4 Å². The maximum absolute atomic E-state index is 5.71. The number of thioether (sulfide) groups is 1. The SMILES string of the molecule is Brc1ccccc1-c1nnc(CSc2nnc(-c3ccccc3Br)o2)o1. The molecule has 0 atom stereocenters. The van der Waals surface area contributed by atoms with Gasteiger partial charge in [0.15, 0.2) is 0 Å². The Balaban J connectivity index is 1.46. The van der Waals surface area contributed by atoms with E-state index >= 15 is 0 Å². The van der Waals surface area contributed by atoms with Gasteiger partial charge in [0.05, 0.1) is 16.9 Å². The maximum Gasteiger partial charge on any atom is 0.277 e. The van der Waals surface area contributed by atoms with E-state index in [1.54, 1.807) is 0 Å². The first-order valence-electron chi connectivity index (χ1n) is 7.49. The Labute approximate surface area is 169 Å². The van der Waals surface area contributed by atoms with E-state index in [4.69, 9.17) is 8.83 Å². The topological polar surface area (TPSA) is 77.8 Å². The van der Waals surface area contributed by atoms with Gasteiger partial charge in [-0.05, 0) is 56.1 Å². The van der Waals surface area contributed by atoms with Gasteiger partial charge in [-0.2, -0.15) is 0 Å². The van der Waals surface area contributed by atoms with E-state index in [1.165, 1.54) is 11.8 Å². The monoisotopic (exact) mass is 492 g/mol. The second-order valence-electron chi connectivity index (χ2n) is 5.12. The Morgan fingerprint density at radius 3 is 1.96 bits per heavy atom. The number of aromatic nitrogens is 4. The maximum atomic E-state index is 5.71. The Kier molecular flexibility index (Phi) is 5.18. The molecule has 4 aromatic rings. The van der Waals surface area contributed by atoms with Crippen LogP contribution in [0.5, 0.6) is 0 Å². The highest BCUT2D eigenvalue weighted by atomic mass is 79.9. The molecule has 2 aromatic carbocycles. The zero-order valence-corrected chi connectivity index (χ0v) is 17.1. The van der Waals surface area contributed by atoms with Crippen LogP contribution in [0.1, 0.15) is 5.89 Å². The van der Waals surface area contributed by atoms with Gasteiger partial charge in [-0.25, -0.2) is 0 Å². The zero-order chi connectivity index (χ0) is 17.9. The van der Waals surface area contributed by atoms with Crippen LogP contribution in [0.3, 0.4) is 0 Å². The molecular weight excluding hydrogens is 484 g/mol. The molecule has 2 aromatic heterocycles. The highest BCUT2D eigenvalue weighted by Gasteiger charge is 2.15. The Hall–Kier alpha value is -1.97. The van der Waals surface area contributed by atoms with E-state index < -0.39 is 0 Å². The molecular formula is C17H10Br2N4O2S. The standard InChI is InChI=1S/C17H10Br2N4O2S/c18-12-7-3-1-5-10(12)15-21-20-14(24-15)9-26-17-23-22-16(25-17)11-6-2-4-8-13(11)19/h1-8H,9H2. The molecule has 0 bridgehead atoms. The van der Waals surface area contributed by atoms with Crippen LogP contribution < -0.4 is 0 Å². The lowest BCUT2D eigenvalue weighted by atomic mass is 10.2. The van der Waals surface area contributed by atoms with Gasteiger partial charge in [-0.3, -0.25) is 0 Å². The van der Waals surface area contributed by atoms with Gasteiger partial charge >= 0.3 is 0 Å². The van der Waals surface area contributed by atoms with Gasteiger partial charge in [0, 0.05) is 8.95 Å². The van der Waals surface area contributed by atoms with Crippen LogP contribution in [0, 0.1) is 0 Å². The fraction of sp³-hybridized carbons (Fsp3) is 0.0588. The fourth-order valence-corrected chi connectivity index (χ4v) is 3.70. The van der Waals surface area contributed by atoms with Crippen LogP contribution in [0.4, 0.5) is 0 Å². The number of hydrogen-bond acceptors (Lipinski definition) is 7. The number of nitrogens with zero attached hydrogens (tertiary/aromatic N) is 4. The van der Waals surface area contributed by atoms with Crippen LogP contribution in [0.2, 0.25) is 0 Å². The highest BCUT2D eigenvalue weighted by Crippen LogP contribution is 2.31. The molecule has 4 rings (SSSR count). The van der Waals surface area contributed by atoms with Gasteiger partial charge in [0.1, 0.15) is 0 Å². The van der Waals surface area contributed by atoms with Crippen molar-refractivity contribution in [2.75, 3.05) is 0 Å². The van der Waals surface area contributed by atoms with E-state index in [9.17, 15) is 0 Å². The largest absolute Gasteiger partial charge is 0.420 e. The lowest BCUT2D eigenvalue weighted by molar-refractivity contribution is 0.464. The molecule has 2 heterocycles. The average Bonchev–Trinajstić information content (AvgIpc) is 3.30. The normalized spacial score (nSPS) is 11.0. The van der Waals surface area contributed by atoms with Crippen LogP contribution >= 0.6 is 43.6 Å². The van der Waals surface area contributed by atoms with E-state index in [0.29, 0.717) is 28.6 Å². The summed E-state index contributed by atoms with van der Waals surface area (Å²) in [6.07, 6.45) is 0. The van der Waals surface area contributed by atoms with Crippen molar-refractivity contribution in [2.24, 2.45) is 0 Å². The summed E-state index contributed by atoms with van der Waals surface area (Å²) in [6.45, 7) is 0. The van der Waals surface area contributed by atoms with Gasteiger partial charge in [0.25, 0.3) is 5.22 Å². The minimum Gasteiger partial charge on any atom is -0.420 e. The fourth-order valence-electron chi connectivity index (χ4n) is 2.19. The predicted molar refractivity (Wildman–Crippen MR) is 104 cm³/mol. The van der Waals surface area contributed by atoms with Crippen molar-refractivity contribution in [1.29, 1.82) is 0 Å². The second-order valence-corrected chi connectivity index (χ2v) is 7.76.